The second-order valence-corrected chi connectivity index (χ2v) is 15.1. The highest BCUT2D eigenvalue weighted by molar-refractivity contribution is 6.21. The smallest absolute Gasteiger partial charge is 0.178 e. The lowest BCUT2D eigenvalue weighted by Gasteiger charge is -2.26. The minimum absolute atomic E-state index is 0.573. The Bertz CT molecular complexity index is 3410. The zero-order chi connectivity index (χ0) is 41.9. The Balaban J connectivity index is 1.01. The van der Waals surface area contributed by atoms with Crippen LogP contribution in [0.5, 0.6) is 0 Å². The van der Waals surface area contributed by atoms with Crippen LogP contribution in [-0.4, -0.2) is 0 Å². The second-order valence-electron chi connectivity index (χ2n) is 15.1. The molecule has 0 aliphatic rings. The largest absolute Gasteiger partial charge is 0.452 e. The van der Waals surface area contributed by atoms with Gasteiger partial charge in [0, 0.05) is 55.7 Å². The molecule has 286 valence electrons. The third kappa shape index (κ3) is 5.89. The van der Waals surface area contributed by atoms with Crippen molar-refractivity contribution in [2.45, 2.75) is 0 Å². The highest BCUT2D eigenvalue weighted by Crippen LogP contribution is 2.43. The van der Waals surface area contributed by atoms with Gasteiger partial charge in [0.2, 0.25) is 0 Å². The van der Waals surface area contributed by atoms with E-state index in [0.717, 1.165) is 88.4 Å². The molecule has 62 heavy (non-hydrogen) atoms. The van der Waals surface area contributed by atoms with E-state index in [2.05, 4.69) is 107 Å². The summed E-state index contributed by atoms with van der Waals surface area (Å²) in [7, 11) is 0. The van der Waals surface area contributed by atoms with Crippen molar-refractivity contribution in [1.82, 2.24) is 0 Å². The van der Waals surface area contributed by atoms with Crippen molar-refractivity contribution in [2.24, 2.45) is 0 Å². The molecule has 8 nitrogen and oxygen atoms in total. The van der Waals surface area contributed by atoms with Crippen LogP contribution < -0.4 is 9.80 Å². The summed E-state index contributed by atoms with van der Waals surface area (Å²) in [6.07, 6.45) is 0. The molecule has 11 rings (SSSR count). The lowest BCUT2D eigenvalue weighted by molar-refractivity contribution is 0.634. The van der Waals surface area contributed by atoms with E-state index in [4.69, 9.17) is 8.83 Å². The van der Waals surface area contributed by atoms with E-state index in [1.54, 1.807) is 48.5 Å². The van der Waals surface area contributed by atoms with Crippen molar-refractivity contribution >= 4 is 99.5 Å². The Kier molecular flexibility index (Phi) is 8.19. The van der Waals surface area contributed by atoms with E-state index in [-0.39, 0.29) is 0 Å². The molecule has 11 aromatic rings. The van der Waals surface area contributed by atoms with E-state index >= 15 is 0 Å². The third-order valence-corrected chi connectivity index (χ3v) is 11.5. The Morgan fingerprint density at radius 1 is 0.290 bits per heavy atom. The molecule has 0 aliphatic heterocycles. The summed E-state index contributed by atoms with van der Waals surface area (Å²) in [4.78, 5) is 4.21. The minimum Gasteiger partial charge on any atom is -0.452 e. The molecule has 9 aromatic carbocycles. The second kappa shape index (κ2) is 14.2. The molecule has 0 saturated heterocycles. The Hall–Kier alpha value is -9.34. The number of hydrogen-bond donors (Lipinski definition) is 0. The van der Waals surface area contributed by atoms with Crippen LogP contribution in [0.1, 0.15) is 22.3 Å². The van der Waals surface area contributed by atoms with Gasteiger partial charge in [-0.3, -0.25) is 0 Å². The third-order valence-electron chi connectivity index (χ3n) is 11.5. The van der Waals surface area contributed by atoms with E-state index in [0.29, 0.717) is 33.4 Å². The van der Waals surface area contributed by atoms with Gasteiger partial charge in [0.15, 0.2) is 11.2 Å². The Labute approximate surface area is 354 Å². The number of furan rings is 2. The average Bonchev–Trinajstić information content (AvgIpc) is 3.88. The maximum absolute atomic E-state index is 9.44. The van der Waals surface area contributed by atoms with Crippen LogP contribution >= 0.6 is 0 Å². The Morgan fingerprint density at radius 2 is 0.597 bits per heavy atom. The molecule has 0 amide bonds. The van der Waals surface area contributed by atoms with Gasteiger partial charge in [-0.1, -0.05) is 12.1 Å². The van der Waals surface area contributed by atoms with Crippen molar-refractivity contribution in [3.8, 4) is 24.3 Å². The minimum atomic E-state index is 0.573. The van der Waals surface area contributed by atoms with Gasteiger partial charge in [0.05, 0.1) is 46.5 Å². The first-order chi connectivity index (χ1) is 30.5. The first kappa shape index (κ1) is 35.8. The van der Waals surface area contributed by atoms with E-state index in [1.165, 1.54) is 0 Å². The fourth-order valence-electron chi connectivity index (χ4n) is 8.44. The number of hydrogen-bond acceptors (Lipinski definition) is 8. The predicted molar refractivity (Wildman–Crippen MR) is 244 cm³/mol. The highest BCUT2D eigenvalue weighted by atomic mass is 16.4. The molecule has 0 radical (unpaired) electrons. The maximum atomic E-state index is 9.44. The predicted octanol–water partition coefficient (Wildman–Crippen LogP) is 14.2. The first-order valence-corrected chi connectivity index (χ1v) is 19.8. The monoisotopic (exact) mass is 792 g/mol. The van der Waals surface area contributed by atoms with Crippen LogP contribution in [0.15, 0.2) is 179 Å². The van der Waals surface area contributed by atoms with Gasteiger partial charge < -0.3 is 18.6 Å². The van der Waals surface area contributed by atoms with E-state index in [1.807, 2.05) is 48.5 Å². The Morgan fingerprint density at radius 3 is 0.903 bits per heavy atom. The summed E-state index contributed by atoms with van der Waals surface area (Å²) >= 11 is 0. The zero-order valence-corrected chi connectivity index (χ0v) is 32.7. The van der Waals surface area contributed by atoms with Gasteiger partial charge in [-0.2, -0.15) is 21.0 Å². The van der Waals surface area contributed by atoms with Gasteiger partial charge in [-0.05, 0) is 179 Å². The number of nitrogens with zero attached hydrogens (tertiary/aromatic N) is 6. The molecule has 0 spiro atoms. The molecule has 0 bridgehead atoms. The zero-order valence-electron chi connectivity index (χ0n) is 32.7. The standard InChI is InChI=1S/C54H28N6O2/c55-29-33-1-11-41(12-2-33)59(42-13-3-34(30-56)4-14-42)45-19-9-37-25-49-47-21-22-48-50-26-38-10-20-46(24-40(38)28-52(50)62-54(48)53(47)61-51(49)27-39(37)23-45)60(43-15-5-35(31-57)6-16-43)44-17-7-36(32-58)8-18-44/h1-28H. The summed E-state index contributed by atoms with van der Waals surface area (Å²) in [5.74, 6) is 0. The van der Waals surface area contributed by atoms with Crippen LogP contribution in [0.3, 0.4) is 0 Å². The fraction of sp³-hybridized carbons (Fsp3) is 0. The fourth-order valence-corrected chi connectivity index (χ4v) is 8.44. The van der Waals surface area contributed by atoms with Gasteiger partial charge in [0.25, 0.3) is 0 Å². The number of rotatable bonds is 6. The maximum Gasteiger partial charge on any atom is 0.178 e. The molecule has 8 heteroatoms. The van der Waals surface area contributed by atoms with E-state index in [9.17, 15) is 21.0 Å². The average molecular weight is 793 g/mol. The van der Waals surface area contributed by atoms with Gasteiger partial charge >= 0.3 is 0 Å². The number of fused-ring (bicyclic) bond motifs is 9. The van der Waals surface area contributed by atoms with Crippen molar-refractivity contribution in [1.29, 1.82) is 21.0 Å². The molecule has 0 fully saturated rings. The molecule has 0 atom stereocenters. The summed E-state index contributed by atoms with van der Waals surface area (Å²) in [5.41, 5.74) is 10.5. The van der Waals surface area contributed by atoms with Crippen molar-refractivity contribution in [2.75, 3.05) is 9.80 Å². The van der Waals surface area contributed by atoms with Crippen LogP contribution in [0.4, 0.5) is 34.1 Å². The molecular formula is C54H28N6O2. The lowest BCUT2D eigenvalue weighted by Crippen LogP contribution is -2.09. The van der Waals surface area contributed by atoms with Gasteiger partial charge in [-0.25, -0.2) is 0 Å². The molecule has 0 saturated carbocycles. The van der Waals surface area contributed by atoms with E-state index < -0.39 is 0 Å². The molecule has 0 aliphatic carbocycles. The van der Waals surface area contributed by atoms with Crippen LogP contribution in [0.25, 0.3) is 65.4 Å². The summed E-state index contributed by atoms with van der Waals surface area (Å²) in [5, 5.41) is 45.7. The molecule has 0 N–H and O–H groups in total. The van der Waals surface area contributed by atoms with Crippen molar-refractivity contribution in [3.63, 3.8) is 0 Å². The summed E-state index contributed by atoms with van der Waals surface area (Å²) < 4.78 is 13.4. The summed E-state index contributed by atoms with van der Waals surface area (Å²) in [6.45, 7) is 0. The SMILES string of the molecule is N#Cc1ccc(N(c2ccc(C#N)cc2)c2ccc3cc4c(cc3c2)oc2c4ccc3c4cc5ccc(N(c6ccc(C#N)cc6)c6ccc(C#N)cc6)cc5cc4oc32)cc1. The normalized spacial score (nSPS) is 11.2. The number of benzene rings is 9. The van der Waals surface area contributed by atoms with Crippen LogP contribution in [0, 0.1) is 45.3 Å². The molecule has 2 aromatic heterocycles. The summed E-state index contributed by atoms with van der Waals surface area (Å²) in [6, 6.07) is 63.9. The molecular weight excluding hydrogens is 765 g/mol. The topological polar surface area (TPSA) is 128 Å². The van der Waals surface area contributed by atoms with Gasteiger partial charge in [-0.15, -0.1) is 0 Å². The van der Waals surface area contributed by atoms with Crippen molar-refractivity contribution in [3.05, 3.63) is 192 Å². The molecule has 2 heterocycles. The number of nitriles is 4. The van der Waals surface area contributed by atoms with Gasteiger partial charge in [0.1, 0.15) is 11.2 Å². The first-order valence-electron chi connectivity index (χ1n) is 19.8. The van der Waals surface area contributed by atoms with Crippen LogP contribution in [0.2, 0.25) is 0 Å². The highest BCUT2D eigenvalue weighted by Gasteiger charge is 2.20. The van der Waals surface area contributed by atoms with Crippen molar-refractivity contribution < 1.29 is 8.83 Å². The molecule has 0 unspecified atom stereocenters. The quantitative estimate of drug-likeness (QED) is 0.163. The van der Waals surface area contributed by atoms with Crippen LogP contribution in [-0.2, 0) is 0 Å². The lowest BCUT2D eigenvalue weighted by atomic mass is 10.0. The number of anilines is 6.